The molecule has 8 aliphatic rings. The van der Waals surface area contributed by atoms with Gasteiger partial charge in [-0.15, -0.1) is 11.8 Å². The second kappa shape index (κ2) is 31.6. The highest BCUT2D eigenvalue weighted by atomic mass is 16.3. The summed E-state index contributed by atoms with van der Waals surface area (Å²) in [4.78, 5) is 0. The molecule has 0 aliphatic heterocycles. The molecule has 0 radical (unpaired) electrons. The van der Waals surface area contributed by atoms with Gasteiger partial charge in [0.1, 0.15) is 0 Å². The molecule has 0 aromatic heterocycles. The lowest BCUT2D eigenvalue weighted by Crippen LogP contribution is -2.51. The molecule has 3 heteroatoms. The lowest BCUT2D eigenvalue weighted by molar-refractivity contribution is -0.0501. The van der Waals surface area contributed by atoms with Crippen molar-refractivity contribution < 1.29 is 18.2 Å². The summed E-state index contributed by atoms with van der Waals surface area (Å²) in [5.41, 5.74) is 7.53. The molecule has 0 spiro atoms. The van der Waals surface area contributed by atoms with E-state index in [1.807, 2.05) is 11.8 Å². The number of allylic oxidation sites excluding steroid dienone is 6. The minimum absolute atomic E-state index is 0. The van der Waals surface area contributed by atoms with Gasteiger partial charge in [0, 0.05) is 14.7 Å². The van der Waals surface area contributed by atoms with Gasteiger partial charge >= 0.3 is 0 Å². The molecular formula is C74H74O3-2. The molecule has 0 unspecified atom stereocenters. The van der Waals surface area contributed by atoms with Crippen LogP contribution in [0, 0.1) is 236 Å². The molecule has 390 valence electrons. The second-order valence-electron chi connectivity index (χ2n) is 20.8. The minimum Gasteiger partial charge on any atom is -0.393 e. The van der Waals surface area contributed by atoms with Crippen molar-refractivity contribution in [2.24, 2.45) is 45.3 Å². The Hall–Kier alpha value is -8.20. The summed E-state index contributed by atoms with van der Waals surface area (Å²) in [5, 5.41) is 30.7. The van der Waals surface area contributed by atoms with Gasteiger partial charge in [0.05, 0.1) is 18.3 Å². The molecule has 6 fully saturated rings. The predicted octanol–water partition coefficient (Wildman–Crippen LogP) is 11.2. The molecule has 8 rings (SSSR count). The molecule has 0 saturated heterocycles. The van der Waals surface area contributed by atoms with Crippen LogP contribution in [0.3, 0.4) is 0 Å². The van der Waals surface area contributed by atoms with Crippen molar-refractivity contribution in [3.63, 3.8) is 0 Å². The minimum atomic E-state index is -0.396. The van der Waals surface area contributed by atoms with Crippen molar-refractivity contribution in [3.8, 4) is 178 Å². The van der Waals surface area contributed by atoms with Crippen LogP contribution in [-0.2, 0) is 0 Å². The van der Waals surface area contributed by atoms with Gasteiger partial charge in [0.2, 0.25) is 0 Å². The van der Waals surface area contributed by atoms with Gasteiger partial charge in [-0.25, -0.2) is 11.8 Å². The van der Waals surface area contributed by atoms with E-state index in [0.717, 1.165) is 37.0 Å². The highest BCUT2D eigenvalue weighted by Gasteiger charge is 2.56. The van der Waals surface area contributed by atoms with E-state index in [0.29, 0.717) is 28.6 Å². The van der Waals surface area contributed by atoms with Crippen molar-refractivity contribution in [1.29, 1.82) is 0 Å². The smallest absolute Gasteiger partial charge is 0.0661 e. The van der Waals surface area contributed by atoms with Gasteiger partial charge in [-0.2, -0.15) is 0 Å². The molecule has 8 aliphatic carbocycles. The van der Waals surface area contributed by atoms with Gasteiger partial charge in [-0.05, 0) is 261 Å². The first-order valence-electron chi connectivity index (χ1n) is 25.8. The lowest BCUT2D eigenvalue weighted by Gasteiger charge is -2.55. The van der Waals surface area contributed by atoms with Gasteiger partial charge < -0.3 is 28.2 Å². The third-order valence-electron chi connectivity index (χ3n) is 16.6. The molecular weight excluding hydrogens is 937 g/mol. The van der Waals surface area contributed by atoms with E-state index in [9.17, 15) is 15.3 Å². The fourth-order valence-corrected chi connectivity index (χ4v) is 12.9. The fraction of sp³-hybridized carbons (Fsp3) is 0.459. The Balaban J connectivity index is 0.000000521. The van der Waals surface area contributed by atoms with Crippen molar-refractivity contribution >= 4 is 0 Å². The van der Waals surface area contributed by atoms with Crippen molar-refractivity contribution in [2.45, 2.75) is 171 Å². The summed E-state index contributed by atoms with van der Waals surface area (Å²) in [5.74, 6) is 75.5. The largest absolute Gasteiger partial charge is 0.393 e. The number of hydrogen-bond donors (Lipinski definition) is 3. The quantitative estimate of drug-likeness (QED) is 0.167. The lowest BCUT2D eigenvalue weighted by atomic mass is 9.50. The molecule has 0 aromatic rings. The first-order chi connectivity index (χ1) is 36.3. The molecule has 77 heavy (non-hydrogen) atoms. The molecule has 0 amide bonds. The first-order valence-corrected chi connectivity index (χ1v) is 25.8. The zero-order valence-electron chi connectivity index (χ0n) is 44.3. The van der Waals surface area contributed by atoms with Crippen LogP contribution in [0.25, 0.3) is 0 Å². The predicted molar refractivity (Wildman–Crippen MR) is 318 cm³/mol. The summed E-state index contributed by atoms with van der Waals surface area (Å²) in [6, 6.07) is 0. The van der Waals surface area contributed by atoms with Crippen molar-refractivity contribution in [3.05, 3.63) is 59.4 Å². The Labute approximate surface area is 469 Å². The van der Waals surface area contributed by atoms with E-state index in [1.165, 1.54) is 81.8 Å². The Morgan fingerprint density at radius 3 is 1.19 bits per heavy atom. The maximum Gasteiger partial charge on any atom is 0.0661 e. The molecule has 6 saturated carbocycles. The number of rotatable bonds is 0. The topological polar surface area (TPSA) is 60.7 Å². The SMILES string of the molecule is C.C.C[C@@]12CCC[C@H]1C1=CC=C3C[C@@H](O)CC[C@]3(C)[C@H]1CC2.C[C@@]12CCC[C@H]1C1=CC=C3C[C@@H](O)C[C@H](O)[C@]3(C)[C@H]1CC2.[2HH].[2HH].[C-]#CC#CC#CC#CC#CC#CC#CC#CC.[C-]#CC#CC#CC#CC#CC#CC#CC#CC. The molecule has 0 heterocycles. The normalized spacial score (nSPS) is 29.1. The van der Waals surface area contributed by atoms with Crippen LogP contribution in [0.5, 0.6) is 0 Å². The number of aliphatic hydroxyl groups excluding tert-OH is 3. The highest BCUT2D eigenvalue weighted by Crippen LogP contribution is 2.65. The number of hydrogen-bond acceptors (Lipinski definition) is 3. The Bertz CT molecular complexity index is 3260. The molecule has 0 aromatic carbocycles. The van der Waals surface area contributed by atoms with Gasteiger partial charge in [-0.1, -0.05) is 114 Å². The van der Waals surface area contributed by atoms with Crippen LogP contribution in [0.2, 0.25) is 0 Å². The monoisotopic (exact) mass is 1010 g/mol. The standard InChI is InChI=1S/C19H28O2.C19H28O.2C17H3.2CH4.2H2/c1-18-8-3-4-15(18)14-6-5-12-10-13(20)11-17(21)19(12,2)16(14)7-9-18;1-18-9-3-4-16(18)15-6-5-13-12-14(20)7-11-19(13,2)17(15)8-10-18;2*1-3-5-7-9-11-13-15-17-16-14-12-10-8-6-4-2;;;;/h5-6,13,15-17,20-21H,3-4,7-11H2,1-2H3;5-6,14,16-17,20H,3-4,7-12H2,1-2H3;2*1H3;2*1H4;2*1H/q;;2*-1;;;;/t13-,15+,16+,17+,18+,19+;14-,16-,17-,18-,19-;;;;;;/m10....../s1/i;;;;;;2*1+1. The van der Waals surface area contributed by atoms with E-state index in [1.54, 1.807) is 25.0 Å². The summed E-state index contributed by atoms with van der Waals surface area (Å²) >= 11 is 0. The zero-order valence-corrected chi connectivity index (χ0v) is 44.3. The van der Waals surface area contributed by atoms with Crippen LogP contribution < -0.4 is 0 Å². The van der Waals surface area contributed by atoms with Crippen LogP contribution in [0.15, 0.2) is 46.6 Å². The van der Waals surface area contributed by atoms with E-state index in [2.05, 4.69) is 218 Å². The number of fused-ring (bicyclic) bond motifs is 10. The molecule has 0 bridgehead atoms. The fourth-order valence-electron chi connectivity index (χ4n) is 12.9. The third kappa shape index (κ3) is 16.9. The van der Waals surface area contributed by atoms with E-state index >= 15 is 0 Å². The maximum atomic E-state index is 10.7. The van der Waals surface area contributed by atoms with Crippen LogP contribution in [0.4, 0.5) is 0 Å². The van der Waals surface area contributed by atoms with Crippen LogP contribution in [0.1, 0.15) is 156 Å². The first kappa shape index (κ1) is 63.1. The summed E-state index contributed by atoms with van der Waals surface area (Å²) in [7, 11) is 0. The van der Waals surface area contributed by atoms with Crippen molar-refractivity contribution in [2.75, 3.05) is 0 Å². The van der Waals surface area contributed by atoms with Crippen LogP contribution in [-0.4, -0.2) is 33.6 Å². The summed E-state index contributed by atoms with van der Waals surface area (Å²) < 4.78 is 0. The van der Waals surface area contributed by atoms with Gasteiger partial charge in [0.15, 0.2) is 0 Å². The third-order valence-corrected chi connectivity index (χ3v) is 16.6. The molecule has 3 N–H and O–H groups in total. The summed E-state index contributed by atoms with van der Waals surface area (Å²) in [6.07, 6.45) is 39.6. The average molecular weight is 1010 g/mol. The Morgan fingerprint density at radius 1 is 0.416 bits per heavy atom. The van der Waals surface area contributed by atoms with E-state index in [-0.39, 0.29) is 35.3 Å². The van der Waals surface area contributed by atoms with Crippen LogP contribution >= 0.6 is 0 Å². The van der Waals surface area contributed by atoms with E-state index in [4.69, 9.17) is 12.8 Å². The van der Waals surface area contributed by atoms with Crippen molar-refractivity contribution in [1.82, 2.24) is 0 Å². The molecule has 3 nitrogen and oxygen atoms in total. The second-order valence-corrected chi connectivity index (χ2v) is 20.8. The number of aliphatic hydroxyl groups is 3. The Morgan fingerprint density at radius 2 is 0.779 bits per heavy atom. The van der Waals surface area contributed by atoms with Gasteiger partial charge in [-0.3, -0.25) is 11.8 Å². The highest BCUT2D eigenvalue weighted by molar-refractivity contribution is 5.48. The zero-order chi connectivity index (χ0) is 54.0. The molecule has 11 atom stereocenters. The summed E-state index contributed by atoms with van der Waals surface area (Å²) in [6.45, 7) is 13.1. The maximum absolute atomic E-state index is 10.7. The van der Waals surface area contributed by atoms with Gasteiger partial charge in [0.25, 0.3) is 0 Å². The Kier molecular flexibility index (Phi) is 25.9. The van der Waals surface area contributed by atoms with E-state index < -0.39 is 6.10 Å². The average Bonchev–Trinajstić information content (AvgIpc) is 4.21.